The van der Waals surface area contributed by atoms with Crippen molar-refractivity contribution in [2.75, 3.05) is 13.2 Å². The standard InChI is InChI=1S/C32H60O5/c1-3-5-7-9-11-13-15-17-18-20-22-24-26-31(34)36-29-30(28-33)37-32(35)27-25-23-21-19-16-14-12-10-8-6-4-2/h10,12,30,33H,3-9,11,13-29H2,1-2H3/b12-10-/t30-/m0/s1. The molecular formula is C32H60O5. The van der Waals surface area contributed by atoms with Crippen molar-refractivity contribution < 1.29 is 24.2 Å². The second-order valence-electron chi connectivity index (χ2n) is 10.5. The number of ether oxygens (including phenoxy) is 2. The highest BCUT2D eigenvalue weighted by atomic mass is 16.6. The molecule has 0 fully saturated rings. The Bertz CT molecular complexity index is 531. The third-order valence-corrected chi connectivity index (χ3v) is 6.81. The van der Waals surface area contributed by atoms with Crippen molar-refractivity contribution >= 4 is 11.9 Å². The Labute approximate surface area is 229 Å². The van der Waals surface area contributed by atoms with E-state index in [2.05, 4.69) is 26.0 Å². The van der Waals surface area contributed by atoms with Crippen LogP contribution in [0.5, 0.6) is 0 Å². The summed E-state index contributed by atoms with van der Waals surface area (Å²) in [7, 11) is 0. The van der Waals surface area contributed by atoms with Crippen LogP contribution >= 0.6 is 0 Å². The van der Waals surface area contributed by atoms with E-state index in [1.807, 2.05) is 0 Å². The van der Waals surface area contributed by atoms with Crippen LogP contribution in [-0.2, 0) is 19.1 Å². The van der Waals surface area contributed by atoms with Gasteiger partial charge >= 0.3 is 11.9 Å². The van der Waals surface area contributed by atoms with E-state index in [0.29, 0.717) is 12.8 Å². The molecule has 0 aromatic rings. The van der Waals surface area contributed by atoms with Gasteiger partial charge in [0.05, 0.1) is 6.61 Å². The first kappa shape index (κ1) is 35.6. The zero-order valence-electron chi connectivity index (χ0n) is 24.5. The summed E-state index contributed by atoms with van der Waals surface area (Å²) in [4.78, 5) is 24.0. The van der Waals surface area contributed by atoms with Gasteiger partial charge in [0.2, 0.25) is 0 Å². The second kappa shape index (κ2) is 29.2. The van der Waals surface area contributed by atoms with E-state index in [-0.39, 0.29) is 25.2 Å². The van der Waals surface area contributed by atoms with Crippen LogP contribution in [0.1, 0.15) is 162 Å². The number of hydrogen-bond acceptors (Lipinski definition) is 5. The topological polar surface area (TPSA) is 72.8 Å². The summed E-state index contributed by atoms with van der Waals surface area (Å²) in [6.07, 6.45) is 29.7. The highest BCUT2D eigenvalue weighted by molar-refractivity contribution is 5.70. The number of rotatable bonds is 28. The predicted molar refractivity (Wildman–Crippen MR) is 155 cm³/mol. The summed E-state index contributed by atoms with van der Waals surface area (Å²) in [6.45, 7) is 4.07. The molecule has 0 amide bonds. The largest absolute Gasteiger partial charge is 0.462 e. The van der Waals surface area contributed by atoms with E-state index in [1.165, 1.54) is 89.9 Å². The molecule has 0 unspecified atom stereocenters. The molecular weight excluding hydrogens is 464 g/mol. The molecule has 5 nitrogen and oxygen atoms in total. The first-order valence-corrected chi connectivity index (χ1v) is 15.7. The molecule has 0 rings (SSSR count). The fourth-order valence-corrected chi connectivity index (χ4v) is 4.36. The average Bonchev–Trinajstić information content (AvgIpc) is 2.90. The quantitative estimate of drug-likeness (QED) is 0.0628. The number of esters is 2. The Balaban J connectivity index is 3.59. The molecule has 0 saturated heterocycles. The van der Waals surface area contributed by atoms with Gasteiger partial charge in [-0.15, -0.1) is 0 Å². The zero-order chi connectivity index (χ0) is 27.2. The normalized spacial score (nSPS) is 12.2. The van der Waals surface area contributed by atoms with Crippen LogP contribution in [0, 0.1) is 0 Å². The van der Waals surface area contributed by atoms with Crippen LogP contribution < -0.4 is 0 Å². The molecule has 1 atom stereocenters. The minimum Gasteiger partial charge on any atom is -0.462 e. The molecule has 0 saturated carbocycles. The Morgan fingerprint density at radius 3 is 1.54 bits per heavy atom. The summed E-state index contributed by atoms with van der Waals surface area (Å²) in [5.74, 6) is -0.600. The Kier molecular flexibility index (Phi) is 28.1. The van der Waals surface area contributed by atoms with Gasteiger partial charge in [-0.3, -0.25) is 9.59 Å². The van der Waals surface area contributed by atoms with E-state index in [9.17, 15) is 14.7 Å². The predicted octanol–water partition coefficient (Wildman–Crippen LogP) is 9.00. The first-order valence-electron chi connectivity index (χ1n) is 15.7. The van der Waals surface area contributed by atoms with E-state index >= 15 is 0 Å². The van der Waals surface area contributed by atoms with Crippen molar-refractivity contribution in [3.63, 3.8) is 0 Å². The van der Waals surface area contributed by atoms with Gasteiger partial charge in [-0.25, -0.2) is 0 Å². The number of aliphatic hydroxyl groups is 1. The molecule has 0 aromatic carbocycles. The van der Waals surface area contributed by atoms with Crippen LogP contribution in [0.2, 0.25) is 0 Å². The van der Waals surface area contributed by atoms with Crippen LogP contribution in [0.15, 0.2) is 12.2 Å². The van der Waals surface area contributed by atoms with Gasteiger partial charge in [-0.2, -0.15) is 0 Å². The van der Waals surface area contributed by atoms with Crippen molar-refractivity contribution in [3.05, 3.63) is 12.2 Å². The van der Waals surface area contributed by atoms with Crippen molar-refractivity contribution in [2.24, 2.45) is 0 Å². The van der Waals surface area contributed by atoms with E-state index < -0.39 is 6.10 Å². The fraction of sp³-hybridized carbons (Fsp3) is 0.875. The maximum atomic E-state index is 12.0. The second-order valence-corrected chi connectivity index (χ2v) is 10.5. The lowest BCUT2D eigenvalue weighted by Crippen LogP contribution is -2.28. The molecule has 0 heterocycles. The molecule has 0 aliphatic rings. The molecule has 0 bridgehead atoms. The molecule has 0 aromatic heterocycles. The van der Waals surface area contributed by atoms with Crippen LogP contribution in [0.25, 0.3) is 0 Å². The molecule has 1 N–H and O–H groups in total. The molecule has 0 aliphatic heterocycles. The maximum Gasteiger partial charge on any atom is 0.306 e. The summed E-state index contributed by atoms with van der Waals surface area (Å²) >= 11 is 0. The third-order valence-electron chi connectivity index (χ3n) is 6.81. The Morgan fingerprint density at radius 2 is 1.03 bits per heavy atom. The van der Waals surface area contributed by atoms with Gasteiger partial charge in [-0.1, -0.05) is 129 Å². The lowest BCUT2D eigenvalue weighted by atomic mass is 10.0. The zero-order valence-corrected chi connectivity index (χ0v) is 24.5. The maximum absolute atomic E-state index is 12.0. The monoisotopic (exact) mass is 524 g/mol. The molecule has 5 heteroatoms. The van der Waals surface area contributed by atoms with Gasteiger partial charge in [0, 0.05) is 12.8 Å². The minimum absolute atomic E-state index is 0.0644. The van der Waals surface area contributed by atoms with E-state index in [1.54, 1.807) is 0 Å². The van der Waals surface area contributed by atoms with Crippen LogP contribution in [-0.4, -0.2) is 36.4 Å². The third kappa shape index (κ3) is 27.5. The van der Waals surface area contributed by atoms with Gasteiger partial charge in [0.25, 0.3) is 0 Å². The van der Waals surface area contributed by atoms with E-state index in [0.717, 1.165) is 44.9 Å². The van der Waals surface area contributed by atoms with Crippen molar-refractivity contribution in [1.82, 2.24) is 0 Å². The molecule has 0 radical (unpaired) electrons. The Morgan fingerprint density at radius 1 is 0.595 bits per heavy atom. The minimum atomic E-state index is -0.766. The van der Waals surface area contributed by atoms with Crippen LogP contribution in [0.4, 0.5) is 0 Å². The molecule has 0 spiro atoms. The molecule has 218 valence electrons. The van der Waals surface area contributed by atoms with Gasteiger partial charge in [0.1, 0.15) is 6.61 Å². The summed E-state index contributed by atoms with van der Waals surface area (Å²) in [5.41, 5.74) is 0. The number of unbranched alkanes of at least 4 members (excludes halogenated alkanes) is 18. The number of aliphatic hydroxyl groups excluding tert-OH is 1. The summed E-state index contributed by atoms with van der Waals surface area (Å²) in [6, 6.07) is 0. The van der Waals surface area contributed by atoms with Gasteiger partial charge in [0.15, 0.2) is 6.10 Å². The summed E-state index contributed by atoms with van der Waals surface area (Å²) < 4.78 is 10.5. The summed E-state index contributed by atoms with van der Waals surface area (Å²) in [5, 5.41) is 9.46. The first-order chi connectivity index (χ1) is 18.1. The SMILES string of the molecule is CCCC/C=C\CCCCCCCC(=O)O[C@@H](CO)COC(=O)CCCCCCCCCCCCCC. The van der Waals surface area contributed by atoms with Crippen LogP contribution in [0.3, 0.4) is 0 Å². The lowest BCUT2D eigenvalue weighted by molar-refractivity contribution is -0.161. The highest BCUT2D eigenvalue weighted by Crippen LogP contribution is 2.13. The van der Waals surface area contributed by atoms with Gasteiger partial charge < -0.3 is 14.6 Å². The number of hydrogen-bond donors (Lipinski definition) is 1. The number of allylic oxidation sites excluding steroid dienone is 2. The highest BCUT2D eigenvalue weighted by Gasteiger charge is 2.16. The number of carbonyl (C=O) groups excluding carboxylic acids is 2. The van der Waals surface area contributed by atoms with Gasteiger partial charge in [-0.05, 0) is 32.1 Å². The number of carbonyl (C=O) groups is 2. The van der Waals surface area contributed by atoms with Crippen molar-refractivity contribution in [1.29, 1.82) is 0 Å². The Hall–Kier alpha value is -1.36. The fourth-order valence-electron chi connectivity index (χ4n) is 4.36. The average molecular weight is 525 g/mol. The molecule has 0 aliphatic carbocycles. The smallest absolute Gasteiger partial charge is 0.306 e. The lowest BCUT2D eigenvalue weighted by Gasteiger charge is -2.15. The van der Waals surface area contributed by atoms with Crippen molar-refractivity contribution in [3.8, 4) is 0 Å². The van der Waals surface area contributed by atoms with Crippen molar-refractivity contribution in [2.45, 2.75) is 168 Å². The van der Waals surface area contributed by atoms with E-state index in [4.69, 9.17) is 9.47 Å². The molecule has 37 heavy (non-hydrogen) atoms.